The highest BCUT2D eigenvalue weighted by atomic mass is 32.2. The fraction of sp³-hybridized carbons (Fsp3) is 0.318. The van der Waals surface area contributed by atoms with E-state index in [1.807, 2.05) is 0 Å². The number of esters is 1. The number of ether oxygens (including phenoxy) is 1. The fourth-order valence-electron chi connectivity index (χ4n) is 3.67. The fourth-order valence-corrected chi connectivity index (χ4v) is 4.95. The van der Waals surface area contributed by atoms with Gasteiger partial charge in [-0.1, -0.05) is 36.4 Å². The second-order valence-corrected chi connectivity index (χ2v) is 8.37. The first-order chi connectivity index (χ1) is 15.7. The van der Waals surface area contributed by atoms with Gasteiger partial charge in [-0.05, 0) is 17.9 Å². The zero-order chi connectivity index (χ0) is 24.3. The monoisotopic (exact) mass is 473 g/mol. The van der Waals surface area contributed by atoms with E-state index >= 15 is 0 Å². The second kappa shape index (κ2) is 10.0. The number of carboxylic acids is 1. The number of carbonyl (C=O) groups excluding carboxylic acids is 4. The average Bonchev–Trinajstić information content (AvgIpc) is 2.81. The molecule has 11 heteroatoms. The first-order valence-corrected chi connectivity index (χ1v) is 10.9. The number of β-lactam (4-membered cyclic amide) rings is 1. The Bertz CT molecular complexity index is 1030. The summed E-state index contributed by atoms with van der Waals surface area (Å²) in [5.74, 6) is -3.61. The molecule has 1 aromatic rings. The lowest BCUT2D eigenvalue weighted by Gasteiger charge is -2.51. The van der Waals surface area contributed by atoms with Crippen LogP contribution in [0.25, 0.3) is 0 Å². The van der Waals surface area contributed by atoms with E-state index in [0.29, 0.717) is 5.56 Å². The average molecular weight is 474 g/mol. The van der Waals surface area contributed by atoms with Crippen molar-refractivity contribution in [3.8, 4) is 0 Å². The number of nitrogens with one attached hydrogen (secondary N) is 2. The standard InChI is InChI=1S/C22H23N3O7S/c1-4-14(22(31)32-3)23-15(12-8-6-5-7-9-12)18(27)24-16-19(28)25-17(21(29)30)13(11(2)26)10-33-20(16)25/h4-10,14-17,20,23H,1H2,2-3H3,(H,24,27)(H,29,30)/t14?,15?,16?,17?,20-/m0/s1. The Hall–Kier alpha value is -3.44. The van der Waals surface area contributed by atoms with Gasteiger partial charge in [0.25, 0.3) is 0 Å². The van der Waals surface area contributed by atoms with Gasteiger partial charge in [-0.25, -0.2) is 4.79 Å². The maximum absolute atomic E-state index is 13.2. The van der Waals surface area contributed by atoms with Gasteiger partial charge in [-0.2, -0.15) is 0 Å². The van der Waals surface area contributed by atoms with E-state index in [9.17, 15) is 29.1 Å². The number of fused-ring (bicyclic) bond motifs is 1. The Kier molecular flexibility index (Phi) is 7.34. The lowest BCUT2D eigenvalue weighted by Crippen LogP contribution is -2.74. The number of benzene rings is 1. The van der Waals surface area contributed by atoms with Crippen LogP contribution in [0.2, 0.25) is 0 Å². The van der Waals surface area contributed by atoms with E-state index in [2.05, 4.69) is 17.2 Å². The molecule has 0 radical (unpaired) electrons. The zero-order valence-corrected chi connectivity index (χ0v) is 18.7. The molecule has 0 spiro atoms. The van der Waals surface area contributed by atoms with Crippen LogP contribution in [0.15, 0.2) is 54.0 Å². The molecule has 174 valence electrons. The van der Waals surface area contributed by atoms with E-state index in [1.165, 1.54) is 25.5 Å². The SMILES string of the molecule is C=CC(NC(C(=O)NC1C(=O)N2C(C(=O)O)C(C(C)=O)=CS[C@@H]12)c1ccccc1)C(=O)OC. The van der Waals surface area contributed by atoms with Crippen molar-refractivity contribution in [3.05, 3.63) is 59.5 Å². The molecule has 2 aliphatic heterocycles. The van der Waals surface area contributed by atoms with Crippen LogP contribution in [-0.2, 0) is 28.7 Å². The molecule has 1 fully saturated rings. The molecule has 2 heterocycles. The summed E-state index contributed by atoms with van der Waals surface area (Å²) in [6.07, 6.45) is 1.30. The van der Waals surface area contributed by atoms with Crippen LogP contribution in [0.3, 0.4) is 0 Å². The summed E-state index contributed by atoms with van der Waals surface area (Å²) in [6, 6.07) is 4.16. The number of thioether (sulfide) groups is 1. The third kappa shape index (κ3) is 4.69. The molecule has 1 aromatic carbocycles. The Morgan fingerprint density at radius 2 is 1.91 bits per heavy atom. The summed E-state index contributed by atoms with van der Waals surface area (Å²) in [5.41, 5.74) is 0.547. The van der Waals surface area contributed by atoms with Crippen molar-refractivity contribution in [2.24, 2.45) is 0 Å². The van der Waals surface area contributed by atoms with E-state index < -0.39 is 59.1 Å². The molecule has 0 bridgehead atoms. The zero-order valence-electron chi connectivity index (χ0n) is 17.9. The molecule has 33 heavy (non-hydrogen) atoms. The van der Waals surface area contributed by atoms with Gasteiger partial charge in [0.15, 0.2) is 11.8 Å². The van der Waals surface area contributed by atoms with Gasteiger partial charge in [0.2, 0.25) is 11.8 Å². The summed E-state index contributed by atoms with van der Waals surface area (Å²) in [6.45, 7) is 4.82. The first kappa shape index (κ1) is 24.2. The lowest BCUT2D eigenvalue weighted by molar-refractivity contribution is -0.160. The minimum Gasteiger partial charge on any atom is -0.479 e. The van der Waals surface area contributed by atoms with Crippen LogP contribution in [0.1, 0.15) is 18.5 Å². The first-order valence-electron chi connectivity index (χ1n) is 9.94. The van der Waals surface area contributed by atoms with Gasteiger partial charge in [0.1, 0.15) is 23.5 Å². The molecular formula is C22H23N3O7S. The van der Waals surface area contributed by atoms with Crippen molar-refractivity contribution >= 4 is 41.3 Å². The molecule has 2 aliphatic rings. The van der Waals surface area contributed by atoms with Crippen LogP contribution in [0.4, 0.5) is 0 Å². The predicted molar refractivity (Wildman–Crippen MR) is 119 cm³/mol. The van der Waals surface area contributed by atoms with Gasteiger partial charge >= 0.3 is 11.9 Å². The number of hydrogen-bond acceptors (Lipinski definition) is 8. The Morgan fingerprint density at radius 1 is 1.24 bits per heavy atom. The molecule has 3 N–H and O–H groups in total. The molecule has 5 atom stereocenters. The molecule has 4 unspecified atom stereocenters. The second-order valence-electron chi connectivity index (χ2n) is 7.38. The lowest BCUT2D eigenvalue weighted by atomic mass is 9.95. The minimum absolute atomic E-state index is 0.0117. The van der Waals surface area contributed by atoms with E-state index in [-0.39, 0.29) is 5.57 Å². The Balaban J connectivity index is 1.82. The number of rotatable bonds is 9. The number of Topliss-reactive ketones (excluding diaryl/α,β-unsaturated/α-hetero) is 1. The molecular weight excluding hydrogens is 450 g/mol. The van der Waals surface area contributed by atoms with Crippen LogP contribution in [0.5, 0.6) is 0 Å². The largest absolute Gasteiger partial charge is 0.479 e. The van der Waals surface area contributed by atoms with E-state index in [0.717, 1.165) is 16.7 Å². The topological polar surface area (TPSA) is 142 Å². The molecule has 0 saturated carbocycles. The van der Waals surface area contributed by atoms with Crippen molar-refractivity contribution in [2.45, 2.75) is 36.5 Å². The summed E-state index contributed by atoms with van der Waals surface area (Å²) in [7, 11) is 1.21. The van der Waals surface area contributed by atoms with Crippen LogP contribution in [-0.4, -0.2) is 70.2 Å². The highest BCUT2D eigenvalue weighted by Crippen LogP contribution is 2.40. The molecule has 3 rings (SSSR count). The number of methoxy groups -OCH3 is 1. The highest BCUT2D eigenvalue weighted by molar-refractivity contribution is 8.03. The summed E-state index contributed by atoms with van der Waals surface area (Å²) < 4.78 is 4.73. The molecule has 0 aliphatic carbocycles. The van der Waals surface area contributed by atoms with Crippen LogP contribution >= 0.6 is 11.8 Å². The van der Waals surface area contributed by atoms with Gasteiger partial charge in [-0.15, -0.1) is 18.3 Å². The van der Waals surface area contributed by atoms with Crippen LogP contribution in [0, 0.1) is 0 Å². The van der Waals surface area contributed by atoms with Crippen LogP contribution < -0.4 is 10.6 Å². The van der Waals surface area contributed by atoms with Crippen molar-refractivity contribution < 1.29 is 33.8 Å². The quantitative estimate of drug-likeness (QED) is 0.263. The van der Waals surface area contributed by atoms with Crippen molar-refractivity contribution in [3.63, 3.8) is 0 Å². The highest BCUT2D eigenvalue weighted by Gasteiger charge is 2.56. The maximum atomic E-state index is 13.2. The summed E-state index contributed by atoms with van der Waals surface area (Å²) in [5, 5.41) is 15.8. The van der Waals surface area contributed by atoms with Gasteiger partial charge in [-0.3, -0.25) is 24.5 Å². The van der Waals surface area contributed by atoms with Crippen molar-refractivity contribution in [1.82, 2.24) is 15.5 Å². The molecule has 2 amide bonds. The number of amides is 2. The van der Waals surface area contributed by atoms with Gasteiger partial charge in [0, 0.05) is 5.57 Å². The smallest absolute Gasteiger partial charge is 0.331 e. The summed E-state index contributed by atoms with van der Waals surface area (Å²) >= 11 is 1.09. The number of aliphatic carboxylic acids is 1. The third-order valence-electron chi connectivity index (χ3n) is 5.36. The number of ketones is 1. The van der Waals surface area contributed by atoms with Crippen molar-refractivity contribution in [1.29, 1.82) is 0 Å². The Morgan fingerprint density at radius 3 is 2.45 bits per heavy atom. The van der Waals surface area contributed by atoms with Gasteiger partial charge < -0.3 is 20.1 Å². The Labute approximate surface area is 194 Å². The van der Waals surface area contributed by atoms with Gasteiger partial charge in [0.05, 0.1) is 7.11 Å². The number of nitrogens with zero attached hydrogens (tertiary/aromatic N) is 1. The molecule has 10 nitrogen and oxygen atoms in total. The number of carbonyl (C=O) groups is 5. The molecule has 0 aromatic heterocycles. The normalized spacial score (nSPS) is 23.2. The number of hydrogen-bond donors (Lipinski definition) is 3. The number of carboxylic acid groups (broad SMARTS) is 1. The predicted octanol–water partition coefficient (Wildman–Crippen LogP) is 0.371. The minimum atomic E-state index is -1.40. The summed E-state index contributed by atoms with van der Waals surface area (Å²) in [4.78, 5) is 62.6. The molecule has 1 saturated heterocycles. The maximum Gasteiger partial charge on any atom is 0.331 e. The van der Waals surface area contributed by atoms with E-state index in [4.69, 9.17) is 4.74 Å². The van der Waals surface area contributed by atoms with Crippen molar-refractivity contribution in [2.75, 3.05) is 7.11 Å². The van der Waals surface area contributed by atoms with E-state index in [1.54, 1.807) is 30.3 Å². The third-order valence-corrected chi connectivity index (χ3v) is 6.53.